The Bertz CT molecular complexity index is 304. The molecule has 1 saturated carbocycles. The van der Waals surface area contributed by atoms with Gasteiger partial charge in [0.1, 0.15) is 0 Å². The highest BCUT2D eigenvalue weighted by Crippen LogP contribution is 2.59. The van der Waals surface area contributed by atoms with Crippen LogP contribution in [0.4, 0.5) is 0 Å². The predicted octanol–water partition coefficient (Wildman–Crippen LogP) is 2.47. The van der Waals surface area contributed by atoms with Gasteiger partial charge >= 0.3 is 0 Å². The van der Waals surface area contributed by atoms with Gasteiger partial charge in [0.2, 0.25) is 0 Å². The van der Waals surface area contributed by atoms with Crippen molar-refractivity contribution in [3.8, 4) is 0 Å². The van der Waals surface area contributed by atoms with E-state index in [2.05, 4.69) is 50.9 Å². The Kier molecular flexibility index (Phi) is 3.65. The number of hydrogen-bond acceptors (Lipinski definition) is 2. The van der Waals surface area contributed by atoms with Crippen LogP contribution in [0.25, 0.3) is 0 Å². The summed E-state index contributed by atoms with van der Waals surface area (Å²) in [7, 11) is 6.54. The van der Waals surface area contributed by atoms with Crippen LogP contribution in [-0.2, 0) is 0 Å². The summed E-state index contributed by atoms with van der Waals surface area (Å²) < 4.78 is 0. The van der Waals surface area contributed by atoms with Gasteiger partial charge in [0, 0.05) is 19.6 Å². The fraction of sp³-hybridized carbons (Fsp3) is 0.867. The average Bonchev–Trinajstić information content (AvgIpc) is 2.26. The Morgan fingerprint density at radius 2 is 1.94 bits per heavy atom. The maximum absolute atomic E-state index is 2.52. The Labute approximate surface area is 107 Å². The number of likely N-dealkylation sites (N-methyl/N-ethyl adjacent to an activating group) is 2. The standard InChI is InChI=1S/C15H28N2/c1-15(2)13-7-6-12(14(15)10-13)11-17(5)9-8-16(3)4/h6,13-14H,7-11H2,1-5H3/t13-,14-/m0/s1. The predicted molar refractivity (Wildman–Crippen MR) is 74.1 cm³/mol. The second-order valence-corrected chi connectivity index (χ2v) is 6.86. The van der Waals surface area contributed by atoms with Crippen molar-refractivity contribution in [2.24, 2.45) is 17.3 Å². The van der Waals surface area contributed by atoms with E-state index in [0.717, 1.165) is 18.4 Å². The molecule has 0 spiro atoms. The quantitative estimate of drug-likeness (QED) is 0.677. The molecule has 0 saturated heterocycles. The summed E-state index contributed by atoms with van der Waals surface area (Å²) in [5, 5.41) is 0. The molecule has 3 rings (SSSR count). The van der Waals surface area contributed by atoms with Crippen molar-refractivity contribution in [3.05, 3.63) is 11.6 Å². The lowest BCUT2D eigenvalue weighted by molar-refractivity contribution is -0.0101. The third-order valence-corrected chi connectivity index (χ3v) is 4.96. The number of rotatable bonds is 5. The van der Waals surface area contributed by atoms with Gasteiger partial charge in [-0.1, -0.05) is 25.5 Å². The fourth-order valence-corrected chi connectivity index (χ4v) is 3.42. The molecule has 17 heavy (non-hydrogen) atoms. The number of nitrogens with zero attached hydrogens (tertiary/aromatic N) is 2. The smallest absolute Gasteiger partial charge is 0.0193 e. The van der Waals surface area contributed by atoms with E-state index >= 15 is 0 Å². The van der Waals surface area contributed by atoms with Crippen LogP contribution < -0.4 is 0 Å². The average molecular weight is 236 g/mol. The number of fused-ring (bicyclic) bond motifs is 1. The Morgan fingerprint density at radius 3 is 2.47 bits per heavy atom. The molecule has 0 radical (unpaired) electrons. The Balaban J connectivity index is 1.85. The van der Waals surface area contributed by atoms with Crippen LogP contribution in [0, 0.1) is 17.3 Å². The van der Waals surface area contributed by atoms with E-state index < -0.39 is 0 Å². The molecule has 0 aromatic heterocycles. The van der Waals surface area contributed by atoms with Crippen molar-refractivity contribution in [1.82, 2.24) is 9.80 Å². The molecule has 0 aromatic rings. The van der Waals surface area contributed by atoms with Crippen molar-refractivity contribution in [3.63, 3.8) is 0 Å². The summed E-state index contributed by atoms with van der Waals surface area (Å²) >= 11 is 0. The molecule has 2 atom stereocenters. The van der Waals surface area contributed by atoms with Crippen molar-refractivity contribution in [1.29, 1.82) is 0 Å². The molecule has 0 aliphatic heterocycles. The molecule has 2 bridgehead atoms. The van der Waals surface area contributed by atoms with Crippen LogP contribution in [0.3, 0.4) is 0 Å². The minimum atomic E-state index is 0.576. The first-order chi connectivity index (χ1) is 7.91. The Hall–Kier alpha value is -0.340. The molecule has 3 aliphatic rings. The van der Waals surface area contributed by atoms with Gasteiger partial charge in [-0.05, 0) is 51.2 Å². The van der Waals surface area contributed by atoms with Crippen LogP contribution in [-0.4, -0.2) is 50.6 Å². The fourth-order valence-electron chi connectivity index (χ4n) is 3.42. The van der Waals surface area contributed by atoms with Crippen molar-refractivity contribution < 1.29 is 0 Å². The maximum atomic E-state index is 2.52. The van der Waals surface area contributed by atoms with E-state index in [0.29, 0.717) is 5.41 Å². The first-order valence-electron chi connectivity index (χ1n) is 6.93. The molecule has 0 aromatic carbocycles. The van der Waals surface area contributed by atoms with Crippen LogP contribution in [0.5, 0.6) is 0 Å². The van der Waals surface area contributed by atoms with Gasteiger partial charge in [-0.2, -0.15) is 0 Å². The highest BCUT2D eigenvalue weighted by atomic mass is 15.1. The zero-order valence-corrected chi connectivity index (χ0v) is 12.2. The second kappa shape index (κ2) is 4.74. The van der Waals surface area contributed by atoms with E-state index in [4.69, 9.17) is 0 Å². The molecular weight excluding hydrogens is 208 g/mol. The zero-order chi connectivity index (χ0) is 12.6. The van der Waals surface area contributed by atoms with E-state index in [1.807, 2.05) is 0 Å². The minimum absolute atomic E-state index is 0.576. The molecule has 0 heterocycles. The summed E-state index contributed by atoms with van der Waals surface area (Å²) in [5.41, 5.74) is 2.28. The van der Waals surface area contributed by atoms with Crippen molar-refractivity contribution in [2.45, 2.75) is 26.7 Å². The van der Waals surface area contributed by atoms with Crippen LogP contribution in [0.1, 0.15) is 26.7 Å². The van der Waals surface area contributed by atoms with Crippen LogP contribution >= 0.6 is 0 Å². The van der Waals surface area contributed by atoms with Crippen LogP contribution in [0.2, 0.25) is 0 Å². The van der Waals surface area contributed by atoms with Gasteiger partial charge in [-0.25, -0.2) is 0 Å². The summed E-state index contributed by atoms with van der Waals surface area (Å²) in [6.07, 6.45) is 5.29. The topological polar surface area (TPSA) is 6.48 Å². The molecule has 0 unspecified atom stereocenters. The summed E-state index contributed by atoms with van der Waals surface area (Å²) in [4.78, 5) is 4.73. The molecule has 1 fully saturated rings. The first-order valence-corrected chi connectivity index (χ1v) is 6.93. The Morgan fingerprint density at radius 1 is 1.24 bits per heavy atom. The molecule has 0 amide bonds. The lowest BCUT2D eigenvalue weighted by Gasteiger charge is -2.57. The second-order valence-electron chi connectivity index (χ2n) is 6.86. The van der Waals surface area contributed by atoms with E-state index in [1.165, 1.54) is 25.9 Å². The van der Waals surface area contributed by atoms with Gasteiger partial charge in [-0.3, -0.25) is 0 Å². The molecule has 2 heteroatoms. The maximum Gasteiger partial charge on any atom is 0.0193 e. The number of hydrogen-bond donors (Lipinski definition) is 0. The van der Waals surface area contributed by atoms with Crippen molar-refractivity contribution >= 4 is 0 Å². The number of allylic oxidation sites excluding steroid dienone is 1. The van der Waals surface area contributed by atoms with E-state index in [9.17, 15) is 0 Å². The molecule has 98 valence electrons. The lowest BCUT2D eigenvalue weighted by atomic mass is 9.49. The zero-order valence-electron chi connectivity index (χ0n) is 12.2. The van der Waals surface area contributed by atoms with Gasteiger partial charge in [-0.15, -0.1) is 0 Å². The van der Waals surface area contributed by atoms with Gasteiger partial charge < -0.3 is 9.80 Å². The first kappa shape index (κ1) is 13.1. The summed E-state index contributed by atoms with van der Waals surface area (Å²) in [6.45, 7) is 8.41. The molecular formula is C15H28N2. The summed E-state index contributed by atoms with van der Waals surface area (Å²) in [5.74, 6) is 1.83. The normalized spacial score (nSPS) is 30.4. The largest absolute Gasteiger partial charge is 0.308 e. The third kappa shape index (κ3) is 2.58. The minimum Gasteiger partial charge on any atom is -0.308 e. The molecule has 0 N–H and O–H groups in total. The highest BCUT2D eigenvalue weighted by Gasteiger charge is 2.50. The van der Waals surface area contributed by atoms with E-state index in [-0.39, 0.29) is 0 Å². The molecule has 2 nitrogen and oxygen atoms in total. The van der Waals surface area contributed by atoms with Gasteiger partial charge in [0.05, 0.1) is 0 Å². The van der Waals surface area contributed by atoms with Crippen molar-refractivity contribution in [2.75, 3.05) is 40.8 Å². The van der Waals surface area contributed by atoms with Gasteiger partial charge in [0.25, 0.3) is 0 Å². The lowest BCUT2D eigenvalue weighted by Crippen LogP contribution is -2.49. The van der Waals surface area contributed by atoms with Crippen LogP contribution in [0.15, 0.2) is 11.6 Å². The SMILES string of the molecule is CN(C)CCN(C)CC1=CC[C@H]2C[C@@H]1C2(C)C. The molecule has 3 aliphatic carbocycles. The highest BCUT2D eigenvalue weighted by molar-refractivity contribution is 5.24. The monoisotopic (exact) mass is 236 g/mol. The van der Waals surface area contributed by atoms with E-state index in [1.54, 1.807) is 5.57 Å². The summed E-state index contributed by atoms with van der Waals surface area (Å²) in [6, 6.07) is 0. The third-order valence-electron chi connectivity index (χ3n) is 4.96. The van der Waals surface area contributed by atoms with Gasteiger partial charge in [0.15, 0.2) is 0 Å².